The van der Waals surface area contributed by atoms with Gasteiger partial charge in [0.1, 0.15) is 5.82 Å². The Kier molecular flexibility index (Phi) is 3.74. The molecule has 0 aromatic heterocycles. The number of halogens is 3. The van der Waals surface area contributed by atoms with E-state index in [1.807, 2.05) is 0 Å². The first kappa shape index (κ1) is 12.0. The predicted octanol–water partition coefficient (Wildman–Crippen LogP) is 2.61. The van der Waals surface area contributed by atoms with Crippen LogP contribution in [0.1, 0.15) is 12.5 Å². The van der Waals surface area contributed by atoms with E-state index in [1.54, 1.807) is 0 Å². The van der Waals surface area contributed by atoms with Gasteiger partial charge in [0, 0.05) is 6.42 Å². The fraction of sp³-hybridized carbons (Fsp3) is 0.455. The lowest BCUT2D eigenvalue weighted by Crippen LogP contribution is -2.42. The summed E-state index contributed by atoms with van der Waals surface area (Å²) in [4.78, 5) is 0. The van der Waals surface area contributed by atoms with Crippen LogP contribution < -0.4 is 5.32 Å². The zero-order valence-electron chi connectivity index (χ0n) is 8.73. The number of nitrogens with one attached hydrogen (secondary N) is 1. The largest absolute Gasteiger partial charge is 0.312 e. The Morgan fingerprint density at radius 3 is 2.60 bits per heavy atom. The molecule has 1 atom stereocenters. The molecule has 1 nitrogen and oxygen atoms in total. The van der Waals surface area contributed by atoms with Crippen LogP contribution in [0.15, 0.2) is 24.3 Å². The fourth-order valence-corrected chi connectivity index (χ4v) is 1.28. The van der Waals surface area contributed by atoms with Crippen LogP contribution in [0.25, 0.3) is 0 Å². The predicted molar refractivity (Wildman–Crippen MR) is 53.6 cm³/mol. The second kappa shape index (κ2) is 4.66. The molecule has 0 aliphatic rings. The molecule has 0 saturated carbocycles. The highest BCUT2D eigenvalue weighted by Gasteiger charge is 2.35. The highest BCUT2D eigenvalue weighted by Crippen LogP contribution is 2.24. The molecule has 0 aliphatic heterocycles. The minimum Gasteiger partial charge on any atom is -0.312 e. The molecular weight excluding hydrogens is 203 g/mol. The normalized spacial score (nSPS) is 13.9. The zero-order valence-corrected chi connectivity index (χ0v) is 8.73. The van der Waals surface area contributed by atoms with Crippen LogP contribution in [-0.4, -0.2) is 19.0 Å². The van der Waals surface area contributed by atoms with Gasteiger partial charge in [0.05, 0.1) is 6.04 Å². The second-order valence-corrected chi connectivity index (χ2v) is 3.58. The second-order valence-electron chi connectivity index (χ2n) is 3.58. The van der Waals surface area contributed by atoms with Gasteiger partial charge in [-0.25, -0.2) is 13.2 Å². The summed E-state index contributed by atoms with van der Waals surface area (Å²) >= 11 is 0. The molecule has 1 rings (SSSR count). The number of benzene rings is 1. The van der Waals surface area contributed by atoms with E-state index >= 15 is 0 Å². The number of hydrogen-bond acceptors (Lipinski definition) is 1. The Balaban J connectivity index is 2.77. The van der Waals surface area contributed by atoms with Crippen LogP contribution in [-0.2, 0) is 6.42 Å². The van der Waals surface area contributed by atoms with Gasteiger partial charge in [-0.1, -0.05) is 12.1 Å². The smallest absolute Gasteiger partial charge is 0.266 e. The van der Waals surface area contributed by atoms with Crippen LogP contribution in [0.5, 0.6) is 0 Å². The SMILES string of the molecule is CNC(C)C(F)(F)Cc1cccc(F)c1. The number of rotatable bonds is 4. The van der Waals surface area contributed by atoms with Gasteiger partial charge in [0.2, 0.25) is 0 Å². The highest BCUT2D eigenvalue weighted by atomic mass is 19.3. The molecule has 0 aliphatic carbocycles. The maximum Gasteiger partial charge on any atom is 0.266 e. The molecule has 1 aromatic carbocycles. The van der Waals surface area contributed by atoms with Crippen LogP contribution in [0.4, 0.5) is 13.2 Å². The lowest BCUT2D eigenvalue weighted by molar-refractivity contribution is -0.0286. The van der Waals surface area contributed by atoms with Gasteiger partial charge < -0.3 is 5.32 Å². The third-order valence-corrected chi connectivity index (χ3v) is 2.40. The van der Waals surface area contributed by atoms with E-state index in [9.17, 15) is 13.2 Å². The molecule has 0 bridgehead atoms. The maximum atomic E-state index is 13.5. The Morgan fingerprint density at radius 1 is 1.40 bits per heavy atom. The van der Waals surface area contributed by atoms with Gasteiger partial charge in [-0.2, -0.15) is 0 Å². The molecule has 84 valence electrons. The first-order chi connectivity index (χ1) is 6.95. The van der Waals surface area contributed by atoms with Crippen molar-refractivity contribution in [2.45, 2.75) is 25.3 Å². The molecule has 15 heavy (non-hydrogen) atoms. The molecule has 1 unspecified atom stereocenters. The molecule has 0 saturated heterocycles. The minimum atomic E-state index is -2.87. The van der Waals surface area contributed by atoms with Crippen LogP contribution in [0.2, 0.25) is 0 Å². The summed E-state index contributed by atoms with van der Waals surface area (Å²) in [6.45, 7) is 1.40. The lowest BCUT2D eigenvalue weighted by Gasteiger charge is -2.23. The van der Waals surface area contributed by atoms with Gasteiger partial charge in [-0.15, -0.1) is 0 Å². The summed E-state index contributed by atoms with van der Waals surface area (Å²) in [6, 6.07) is 4.38. The van der Waals surface area contributed by atoms with Crippen molar-refractivity contribution in [1.82, 2.24) is 5.32 Å². The molecule has 1 aromatic rings. The fourth-order valence-electron chi connectivity index (χ4n) is 1.28. The van der Waals surface area contributed by atoms with Crippen molar-refractivity contribution < 1.29 is 13.2 Å². The average Bonchev–Trinajstić information content (AvgIpc) is 2.15. The molecule has 1 N–H and O–H groups in total. The summed E-state index contributed by atoms with van der Waals surface area (Å²) in [5.74, 6) is -3.36. The monoisotopic (exact) mass is 217 g/mol. The first-order valence-corrected chi connectivity index (χ1v) is 4.75. The van der Waals surface area contributed by atoms with Crippen molar-refractivity contribution in [2.75, 3.05) is 7.05 Å². The molecule has 0 fully saturated rings. The Hall–Kier alpha value is -1.03. The van der Waals surface area contributed by atoms with Gasteiger partial charge in [0.15, 0.2) is 0 Å². The zero-order chi connectivity index (χ0) is 11.5. The summed E-state index contributed by atoms with van der Waals surface area (Å²) < 4.78 is 39.7. The van der Waals surface area contributed by atoms with Crippen molar-refractivity contribution in [3.8, 4) is 0 Å². The van der Waals surface area contributed by atoms with Crippen LogP contribution in [0, 0.1) is 5.82 Å². The van der Waals surface area contributed by atoms with E-state index in [-0.39, 0.29) is 0 Å². The molecule has 0 radical (unpaired) electrons. The lowest BCUT2D eigenvalue weighted by atomic mass is 10.0. The van der Waals surface area contributed by atoms with Gasteiger partial charge in [-0.05, 0) is 31.7 Å². The van der Waals surface area contributed by atoms with Crippen molar-refractivity contribution >= 4 is 0 Å². The van der Waals surface area contributed by atoms with E-state index in [1.165, 1.54) is 32.2 Å². The summed E-state index contributed by atoms with van der Waals surface area (Å²) in [5, 5.41) is 2.50. The third kappa shape index (κ3) is 3.23. The summed E-state index contributed by atoms with van der Waals surface area (Å²) in [7, 11) is 1.48. The van der Waals surface area contributed by atoms with E-state index in [2.05, 4.69) is 5.32 Å². The van der Waals surface area contributed by atoms with Crippen molar-refractivity contribution in [1.29, 1.82) is 0 Å². The van der Waals surface area contributed by atoms with Crippen molar-refractivity contribution in [2.24, 2.45) is 0 Å². The molecule has 4 heteroatoms. The number of alkyl halides is 2. The summed E-state index contributed by atoms with van der Waals surface area (Å²) in [5.41, 5.74) is 0.308. The minimum absolute atomic E-state index is 0.308. The van der Waals surface area contributed by atoms with Crippen LogP contribution in [0.3, 0.4) is 0 Å². The van der Waals surface area contributed by atoms with E-state index in [0.717, 1.165) is 6.07 Å². The molecular formula is C11H14F3N. The molecule has 0 heterocycles. The van der Waals surface area contributed by atoms with Gasteiger partial charge in [-0.3, -0.25) is 0 Å². The van der Waals surface area contributed by atoms with Crippen LogP contribution >= 0.6 is 0 Å². The maximum absolute atomic E-state index is 13.5. The Morgan fingerprint density at radius 2 is 2.07 bits per heavy atom. The third-order valence-electron chi connectivity index (χ3n) is 2.40. The summed E-state index contributed by atoms with van der Waals surface area (Å²) in [6.07, 6.45) is -0.452. The average molecular weight is 217 g/mol. The van der Waals surface area contributed by atoms with E-state index in [0.29, 0.717) is 5.56 Å². The van der Waals surface area contributed by atoms with Gasteiger partial charge in [0.25, 0.3) is 5.92 Å². The quantitative estimate of drug-likeness (QED) is 0.817. The molecule has 0 spiro atoms. The topological polar surface area (TPSA) is 12.0 Å². The van der Waals surface area contributed by atoms with Crippen molar-refractivity contribution in [3.05, 3.63) is 35.6 Å². The van der Waals surface area contributed by atoms with E-state index in [4.69, 9.17) is 0 Å². The first-order valence-electron chi connectivity index (χ1n) is 4.75. The Labute approximate surface area is 87.3 Å². The highest BCUT2D eigenvalue weighted by molar-refractivity contribution is 5.18. The van der Waals surface area contributed by atoms with Crippen molar-refractivity contribution in [3.63, 3.8) is 0 Å². The van der Waals surface area contributed by atoms with E-state index < -0.39 is 24.2 Å². The molecule has 0 amide bonds. The Bertz CT molecular complexity index is 325. The standard InChI is InChI=1S/C11H14F3N/c1-8(15-2)11(13,14)7-9-4-3-5-10(12)6-9/h3-6,8,15H,7H2,1-2H3. The number of hydrogen-bond donors (Lipinski definition) is 1. The van der Waals surface area contributed by atoms with Gasteiger partial charge >= 0.3 is 0 Å².